The highest BCUT2D eigenvalue weighted by Crippen LogP contribution is 2.18. The van der Waals surface area contributed by atoms with Crippen LogP contribution < -0.4 is 0 Å². The zero-order chi connectivity index (χ0) is 10.7. The van der Waals surface area contributed by atoms with E-state index in [-0.39, 0.29) is 5.97 Å². The highest BCUT2D eigenvalue weighted by molar-refractivity contribution is 5.88. The molecule has 4 heteroatoms. The molecule has 0 aromatic carbocycles. The van der Waals surface area contributed by atoms with Crippen molar-refractivity contribution in [3.63, 3.8) is 0 Å². The minimum absolute atomic E-state index is 0.333. The van der Waals surface area contributed by atoms with Crippen LogP contribution in [0, 0.1) is 12.8 Å². The fraction of sp³-hybridized carbons (Fsp3) is 0.455. The van der Waals surface area contributed by atoms with Gasteiger partial charge >= 0.3 is 5.97 Å². The average Bonchev–Trinajstić information content (AvgIpc) is 2.84. The summed E-state index contributed by atoms with van der Waals surface area (Å²) in [6.45, 7) is 2.29. The zero-order valence-electron chi connectivity index (χ0n) is 8.69. The van der Waals surface area contributed by atoms with E-state index in [0.717, 1.165) is 18.5 Å². The number of aromatic amines is 1. The van der Waals surface area contributed by atoms with Gasteiger partial charge in [0.2, 0.25) is 0 Å². The molecule has 1 heterocycles. The van der Waals surface area contributed by atoms with Gasteiger partial charge in [-0.3, -0.25) is 0 Å². The minimum Gasteiger partial charge on any atom is -0.461 e. The Labute approximate surface area is 88.4 Å². The number of allylic oxidation sites excluding steroid dienone is 2. The Kier molecular flexibility index (Phi) is 2.85. The van der Waals surface area contributed by atoms with E-state index in [0.29, 0.717) is 18.2 Å². The number of carbonyl (C=O) groups is 1. The molecule has 0 atom stereocenters. The number of H-pyrrole nitrogens is 1. The SMILES string of the molecule is Cc1[nH]cnc1C(=O)OCC1CC=CC1. The monoisotopic (exact) mass is 206 g/mol. The smallest absolute Gasteiger partial charge is 0.358 e. The van der Waals surface area contributed by atoms with Gasteiger partial charge in [0, 0.05) is 5.69 Å². The third-order valence-electron chi connectivity index (χ3n) is 2.58. The van der Waals surface area contributed by atoms with Gasteiger partial charge in [0.25, 0.3) is 0 Å². The molecule has 1 aliphatic rings. The molecular formula is C11H14N2O2. The van der Waals surface area contributed by atoms with Crippen molar-refractivity contribution in [1.29, 1.82) is 0 Å². The number of hydrogen-bond donors (Lipinski definition) is 1. The normalized spacial score (nSPS) is 15.8. The molecule has 1 aliphatic carbocycles. The van der Waals surface area contributed by atoms with Crippen molar-refractivity contribution in [2.24, 2.45) is 5.92 Å². The molecule has 0 radical (unpaired) electrons. The molecule has 0 amide bonds. The highest BCUT2D eigenvalue weighted by Gasteiger charge is 2.16. The molecule has 0 unspecified atom stereocenters. The van der Waals surface area contributed by atoms with E-state index < -0.39 is 0 Å². The van der Waals surface area contributed by atoms with E-state index in [2.05, 4.69) is 22.1 Å². The molecule has 2 rings (SSSR count). The fourth-order valence-electron chi connectivity index (χ4n) is 1.64. The van der Waals surface area contributed by atoms with Crippen LogP contribution in [0.4, 0.5) is 0 Å². The molecule has 0 spiro atoms. The van der Waals surface area contributed by atoms with Crippen LogP contribution in [-0.2, 0) is 4.74 Å². The van der Waals surface area contributed by atoms with E-state index in [4.69, 9.17) is 4.74 Å². The van der Waals surface area contributed by atoms with Crippen LogP contribution in [0.1, 0.15) is 29.0 Å². The Balaban J connectivity index is 1.85. The van der Waals surface area contributed by atoms with Crippen molar-refractivity contribution in [3.05, 3.63) is 29.9 Å². The van der Waals surface area contributed by atoms with E-state index in [1.54, 1.807) is 6.92 Å². The largest absolute Gasteiger partial charge is 0.461 e. The number of nitrogens with one attached hydrogen (secondary N) is 1. The first kappa shape index (κ1) is 9.96. The summed E-state index contributed by atoms with van der Waals surface area (Å²) in [4.78, 5) is 18.3. The first-order valence-corrected chi connectivity index (χ1v) is 5.09. The first-order valence-electron chi connectivity index (χ1n) is 5.09. The number of imidazole rings is 1. The standard InChI is InChI=1S/C11H14N2O2/c1-8-10(13-7-12-8)11(14)15-6-9-4-2-3-5-9/h2-3,7,9H,4-6H2,1H3,(H,12,13). The van der Waals surface area contributed by atoms with Gasteiger partial charge in [-0.05, 0) is 25.7 Å². The summed E-state index contributed by atoms with van der Waals surface area (Å²) in [5.41, 5.74) is 1.14. The van der Waals surface area contributed by atoms with Gasteiger partial charge in [-0.1, -0.05) is 12.2 Å². The number of nitrogens with zero attached hydrogens (tertiary/aromatic N) is 1. The van der Waals surface area contributed by atoms with Crippen molar-refractivity contribution in [1.82, 2.24) is 9.97 Å². The third-order valence-corrected chi connectivity index (χ3v) is 2.58. The average molecular weight is 206 g/mol. The number of ether oxygens (including phenoxy) is 1. The molecule has 0 saturated carbocycles. The maximum atomic E-state index is 11.6. The van der Waals surface area contributed by atoms with Crippen LogP contribution in [0.3, 0.4) is 0 Å². The molecule has 0 bridgehead atoms. The Bertz CT molecular complexity index is 374. The molecule has 4 nitrogen and oxygen atoms in total. The maximum Gasteiger partial charge on any atom is 0.358 e. The zero-order valence-corrected chi connectivity index (χ0v) is 8.69. The van der Waals surface area contributed by atoms with Gasteiger partial charge in [-0.25, -0.2) is 9.78 Å². The van der Waals surface area contributed by atoms with Gasteiger partial charge in [0.1, 0.15) is 0 Å². The number of carbonyl (C=O) groups excluding carboxylic acids is 1. The number of aryl methyl sites for hydroxylation is 1. The predicted octanol–water partition coefficient (Wildman–Crippen LogP) is 1.84. The predicted molar refractivity (Wildman–Crippen MR) is 55.5 cm³/mol. The number of rotatable bonds is 3. The summed E-state index contributed by atoms with van der Waals surface area (Å²) < 4.78 is 5.19. The Morgan fingerprint density at radius 2 is 2.33 bits per heavy atom. The van der Waals surface area contributed by atoms with Gasteiger partial charge < -0.3 is 9.72 Å². The number of esters is 1. The lowest BCUT2D eigenvalue weighted by Crippen LogP contribution is -2.13. The van der Waals surface area contributed by atoms with Gasteiger partial charge in [0.15, 0.2) is 5.69 Å². The first-order chi connectivity index (χ1) is 7.27. The van der Waals surface area contributed by atoms with Crippen LogP contribution in [0.15, 0.2) is 18.5 Å². The molecular weight excluding hydrogens is 192 g/mol. The lowest BCUT2D eigenvalue weighted by molar-refractivity contribution is 0.0439. The second kappa shape index (κ2) is 4.29. The van der Waals surface area contributed by atoms with Crippen LogP contribution in [-0.4, -0.2) is 22.5 Å². The Hall–Kier alpha value is -1.58. The molecule has 1 aromatic rings. The van der Waals surface area contributed by atoms with Crippen molar-refractivity contribution in [2.75, 3.05) is 6.61 Å². The van der Waals surface area contributed by atoms with Crippen molar-refractivity contribution in [3.8, 4) is 0 Å². The second-order valence-corrected chi connectivity index (χ2v) is 3.78. The Morgan fingerprint density at radius 1 is 1.60 bits per heavy atom. The summed E-state index contributed by atoms with van der Waals surface area (Å²) in [5.74, 6) is 0.119. The summed E-state index contributed by atoms with van der Waals surface area (Å²) in [6, 6.07) is 0. The lowest BCUT2D eigenvalue weighted by atomic mass is 10.1. The van der Waals surface area contributed by atoms with E-state index in [1.165, 1.54) is 6.33 Å². The second-order valence-electron chi connectivity index (χ2n) is 3.78. The van der Waals surface area contributed by atoms with E-state index >= 15 is 0 Å². The van der Waals surface area contributed by atoms with E-state index in [9.17, 15) is 4.79 Å². The summed E-state index contributed by atoms with van der Waals surface area (Å²) in [5, 5.41) is 0. The Morgan fingerprint density at radius 3 is 2.93 bits per heavy atom. The van der Waals surface area contributed by atoms with Crippen LogP contribution in [0.25, 0.3) is 0 Å². The third kappa shape index (κ3) is 2.26. The molecule has 1 aromatic heterocycles. The molecule has 15 heavy (non-hydrogen) atoms. The van der Waals surface area contributed by atoms with E-state index in [1.807, 2.05) is 0 Å². The number of aromatic nitrogens is 2. The molecule has 0 saturated heterocycles. The minimum atomic E-state index is -0.333. The topological polar surface area (TPSA) is 55.0 Å². The summed E-state index contributed by atoms with van der Waals surface area (Å²) in [7, 11) is 0. The quantitative estimate of drug-likeness (QED) is 0.606. The van der Waals surface area contributed by atoms with Crippen molar-refractivity contribution in [2.45, 2.75) is 19.8 Å². The maximum absolute atomic E-state index is 11.6. The summed E-state index contributed by atoms with van der Waals surface area (Å²) in [6.07, 6.45) is 7.76. The fourth-order valence-corrected chi connectivity index (χ4v) is 1.64. The molecule has 0 fully saturated rings. The van der Waals surface area contributed by atoms with Gasteiger partial charge in [0.05, 0.1) is 12.9 Å². The molecule has 0 aliphatic heterocycles. The van der Waals surface area contributed by atoms with Crippen molar-refractivity contribution < 1.29 is 9.53 Å². The van der Waals surface area contributed by atoms with Gasteiger partial charge in [-0.15, -0.1) is 0 Å². The van der Waals surface area contributed by atoms with Crippen LogP contribution in [0.5, 0.6) is 0 Å². The summed E-state index contributed by atoms with van der Waals surface area (Å²) >= 11 is 0. The number of hydrogen-bond acceptors (Lipinski definition) is 3. The lowest BCUT2D eigenvalue weighted by Gasteiger charge is -2.09. The van der Waals surface area contributed by atoms with Crippen LogP contribution in [0.2, 0.25) is 0 Å². The molecule has 1 N–H and O–H groups in total. The van der Waals surface area contributed by atoms with Crippen molar-refractivity contribution >= 4 is 5.97 Å². The highest BCUT2D eigenvalue weighted by atomic mass is 16.5. The molecule has 80 valence electrons. The van der Waals surface area contributed by atoms with Gasteiger partial charge in [-0.2, -0.15) is 0 Å². The van der Waals surface area contributed by atoms with Crippen LogP contribution >= 0.6 is 0 Å².